The van der Waals surface area contributed by atoms with E-state index in [4.69, 9.17) is 15.5 Å². The molecule has 1 aromatic carbocycles. The Morgan fingerprint density at radius 1 is 1.07 bits per heavy atom. The molecule has 4 aromatic heterocycles. The predicted octanol–water partition coefficient (Wildman–Crippen LogP) is 3.57. The van der Waals surface area contributed by atoms with Gasteiger partial charge in [0.1, 0.15) is 17.0 Å². The lowest BCUT2D eigenvalue weighted by atomic mass is 10.1. The quantitative estimate of drug-likeness (QED) is 0.309. The summed E-state index contributed by atoms with van der Waals surface area (Å²) in [6.45, 7) is 5.65. The molecule has 0 atom stereocenters. The van der Waals surface area contributed by atoms with Crippen molar-refractivity contribution in [3.63, 3.8) is 0 Å². The van der Waals surface area contributed by atoms with Crippen molar-refractivity contribution >= 4 is 17.2 Å². The van der Waals surface area contributed by atoms with Crippen LogP contribution in [0, 0.1) is 12.7 Å². The second kappa shape index (κ2) is 10.9. The molecule has 0 radical (unpaired) electrons. The first kappa shape index (κ1) is 25.7. The monoisotopic (exact) mass is 540 g/mol. The molecular weight excluding hydrogens is 511 g/mol. The normalized spacial score (nSPS) is 14.1. The number of nitrogens with zero attached hydrogens (tertiary/aromatic N) is 6. The van der Waals surface area contributed by atoms with Gasteiger partial charge in [-0.1, -0.05) is 18.2 Å². The number of amides is 1. The van der Waals surface area contributed by atoms with Gasteiger partial charge in [-0.15, -0.1) is 0 Å². The van der Waals surface area contributed by atoms with Crippen LogP contribution in [0.15, 0.2) is 67.1 Å². The fraction of sp³-hybridized carbons (Fsp3) is 0.241. The van der Waals surface area contributed by atoms with Crippen molar-refractivity contribution in [2.24, 2.45) is 5.73 Å². The largest absolute Gasteiger partial charge is 0.379 e. The first-order valence-corrected chi connectivity index (χ1v) is 13.1. The van der Waals surface area contributed by atoms with Crippen LogP contribution in [0.4, 0.5) is 10.1 Å². The number of nitrogens with one attached hydrogen (secondary N) is 1. The molecule has 1 fully saturated rings. The third-order valence-corrected chi connectivity index (χ3v) is 6.93. The Labute approximate surface area is 230 Å². The van der Waals surface area contributed by atoms with Gasteiger partial charge in [0.25, 0.3) is 5.91 Å². The number of aromatic nitrogens is 5. The smallest absolute Gasteiger partial charge is 0.267 e. The second-order valence-corrected chi connectivity index (χ2v) is 9.73. The third kappa shape index (κ3) is 5.16. The number of hydrogen-bond donors (Lipinski definition) is 2. The molecule has 1 amide bonds. The number of halogens is 1. The molecule has 5 heterocycles. The Bertz CT molecular complexity index is 1690. The number of imidazole rings is 2. The lowest BCUT2D eigenvalue weighted by Crippen LogP contribution is -2.35. The highest BCUT2D eigenvalue weighted by atomic mass is 19.1. The van der Waals surface area contributed by atoms with Gasteiger partial charge in [-0.05, 0) is 37.3 Å². The lowest BCUT2D eigenvalue weighted by molar-refractivity contribution is 0.0337. The van der Waals surface area contributed by atoms with E-state index in [2.05, 4.69) is 20.2 Å². The van der Waals surface area contributed by atoms with Crippen molar-refractivity contribution in [3.8, 4) is 17.2 Å². The average molecular weight is 541 g/mol. The SMILES string of the molecule is Cc1cccc(-c2nc(CNc3cccc(CN4CCOCC4)c3F)cn2-c2ccc3ncc(C(N)=O)n3c2)n1. The number of nitrogens with two attached hydrogens (primary N) is 1. The summed E-state index contributed by atoms with van der Waals surface area (Å²) < 4.78 is 24.4. The molecule has 40 heavy (non-hydrogen) atoms. The molecule has 3 N–H and O–H groups in total. The molecule has 5 aromatic rings. The van der Waals surface area contributed by atoms with E-state index in [1.165, 1.54) is 6.20 Å². The van der Waals surface area contributed by atoms with Crippen LogP contribution >= 0.6 is 0 Å². The molecule has 6 rings (SSSR count). The summed E-state index contributed by atoms with van der Waals surface area (Å²) in [5.41, 5.74) is 10.5. The standard InChI is InChI=1S/C29H29FN8O2/c1-19-4-2-7-24(34-19)29-35-21(17-37(29)22-8-9-26-33-15-25(28(31)39)38(26)18-22)14-32-23-6-3-5-20(27(23)30)16-36-10-12-40-13-11-36/h2-9,15,17-18,32H,10-14,16H2,1H3,(H2,31,39). The number of hydrogen-bond acceptors (Lipinski definition) is 7. The van der Waals surface area contributed by atoms with Crippen molar-refractivity contribution in [1.29, 1.82) is 0 Å². The van der Waals surface area contributed by atoms with Crippen LogP contribution in [0.1, 0.15) is 27.4 Å². The van der Waals surface area contributed by atoms with E-state index >= 15 is 4.39 Å². The Morgan fingerprint density at radius 2 is 1.90 bits per heavy atom. The first-order chi connectivity index (χ1) is 19.5. The number of morpholine rings is 1. The highest BCUT2D eigenvalue weighted by molar-refractivity contribution is 5.91. The van der Waals surface area contributed by atoms with Crippen molar-refractivity contribution in [2.75, 3.05) is 31.6 Å². The molecule has 1 aliphatic rings. The van der Waals surface area contributed by atoms with Crippen LogP contribution in [0.3, 0.4) is 0 Å². The molecule has 11 heteroatoms. The fourth-order valence-electron chi connectivity index (χ4n) is 4.88. The van der Waals surface area contributed by atoms with Gasteiger partial charge < -0.3 is 15.8 Å². The highest BCUT2D eigenvalue weighted by Gasteiger charge is 2.18. The summed E-state index contributed by atoms with van der Waals surface area (Å²) in [5.74, 6) is -0.223. The fourth-order valence-corrected chi connectivity index (χ4v) is 4.88. The number of pyridine rings is 2. The number of primary amides is 1. The second-order valence-electron chi connectivity index (χ2n) is 9.73. The summed E-state index contributed by atoms with van der Waals surface area (Å²) >= 11 is 0. The molecule has 1 saturated heterocycles. The van der Waals surface area contributed by atoms with Gasteiger partial charge in [0, 0.05) is 43.3 Å². The molecule has 0 spiro atoms. The van der Waals surface area contributed by atoms with Crippen molar-refractivity contribution in [2.45, 2.75) is 20.0 Å². The number of benzene rings is 1. The number of ether oxygens (including phenoxy) is 1. The number of aryl methyl sites for hydroxylation is 1. The maximum Gasteiger partial charge on any atom is 0.267 e. The number of carbonyl (C=O) groups is 1. The summed E-state index contributed by atoms with van der Waals surface area (Å²) in [5, 5.41) is 3.22. The molecule has 10 nitrogen and oxygen atoms in total. The van der Waals surface area contributed by atoms with Gasteiger partial charge in [-0.3, -0.25) is 18.7 Å². The Morgan fingerprint density at radius 3 is 2.70 bits per heavy atom. The lowest BCUT2D eigenvalue weighted by Gasteiger charge is -2.27. The van der Waals surface area contributed by atoms with Crippen LogP contribution in [0.5, 0.6) is 0 Å². The van der Waals surface area contributed by atoms with Crippen molar-refractivity contribution in [3.05, 3.63) is 95.6 Å². The zero-order valence-corrected chi connectivity index (χ0v) is 22.0. The van der Waals surface area contributed by atoms with Crippen LogP contribution in [0.2, 0.25) is 0 Å². The van der Waals surface area contributed by atoms with Gasteiger partial charge in [0.2, 0.25) is 0 Å². The van der Waals surface area contributed by atoms with E-state index < -0.39 is 5.91 Å². The van der Waals surface area contributed by atoms with Gasteiger partial charge in [-0.25, -0.2) is 19.3 Å². The Kier molecular flexibility index (Phi) is 6.97. The topological polar surface area (TPSA) is 116 Å². The molecule has 0 saturated carbocycles. The average Bonchev–Trinajstić information content (AvgIpc) is 3.58. The summed E-state index contributed by atoms with van der Waals surface area (Å²) in [7, 11) is 0. The zero-order chi connectivity index (χ0) is 27.6. The van der Waals surface area contributed by atoms with Crippen LogP contribution in [0.25, 0.3) is 22.9 Å². The Balaban J connectivity index is 1.32. The molecule has 0 aliphatic carbocycles. The minimum atomic E-state index is -0.571. The maximum atomic E-state index is 15.4. The van der Waals surface area contributed by atoms with Crippen molar-refractivity contribution < 1.29 is 13.9 Å². The van der Waals surface area contributed by atoms with Crippen LogP contribution in [-0.2, 0) is 17.8 Å². The number of carbonyl (C=O) groups excluding carboxylic acids is 1. The summed E-state index contributed by atoms with van der Waals surface area (Å²) in [6, 6.07) is 14.8. The van der Waals surface area contributed by atoms with E-state index in [0.717, 1.165) is 24.5 Å². The number of rotatable bonds is 8. The maximum absolute atomic E-state index is 15.4. The van der Waals surface area contributed by atoms with Crippen LogP contribution in [-0.4, -0.2) is 61.0 Å². The molecular formula is C29H29FN8O2. The van der Waals surface area contributed by atoms with E-state index in [-0.39, 0.29) is 11.5 Å². The molecule has 0 bridgehead atoms. The van der Waals surface area contributed by atoms with Crippen LogP contribution < -0.4 is 11.1 Å². The zero-order valence-electron chi connectivity index (χ0n) is 22.0. The van der Waals surface area contributed by atoms with Gasteiger partial charge >= 0.3 is 0 Å². The Hall–Kier alpha value is -4.61. The number of anilines is 1. The minimum Gasteiger partial charge on any atom is -0.379 e. The third-order valence-electron chi connectivity index (χ3n) is 6.93. The van der Waals surface area contributed by atoms with Gasteiger partial charge in [0.15, 0.2) is 11.6 Å². The number of fused-ring (bicyclic) bond motifs is 1. The predicted molar refractivity (Wildman–Crippen MR) is 149 cm³/mol. The summed E-state index contributed by atoms with van der Waals surface area (Å²) in [4.78, 5) is 27.9. The molecule has 0 unspecified atom stereocenters. The van der Waals surface area contributed by atoms with Crippen molar-refractivity contribution in [1.82, 2.24) is 28.8 Å². The highest BCUT2D eigenvalue weighted by Crippen LogP contribution is 2.25. The first-order valence-electron chi connectivity index (χ1n) is 13.1. The van der Waals surface area contributed by atoms with E-state index in [9.17, 15) is 4.79 Å². The van der Waals surface area contributed by atoms with E-state index in [1.54, 1.807) is 16.7 Å². The minimum absolute atomic E-state index is 0.265. The summed E-state index contributed by atoms with van der Waals surface area (Å²) in [6.07, 6.45) is 5.12. The molecule has 1 aliphatic heterocycles. The van der Waals surface area contributed by atoms with Gasteiger partial charge in [0.05, 0.1) is 43.0 Å². The van der Waals surface area contributed by atoms with E-state index in [1.807, 2.05) is 60.2 Å². The van der Waals surface area contributed by atoms with E-state index in [0.29, 0.717) is 60.4 Å². The van der Waals surface area contributed by atoms with Gasteiger partial charge in [-0.2, -0.15) is 0 Å². The molecule has 204 valence electrons.